The lowest BCUT2D eigenvalue weighted by molar-refractivity contribution is 0.587. The van der Waals surface area contributed by atoms with E-state index in [1.165, 1.54) is 0 Å². The first kappa shape index (κ1) is 12.5. The van der Waals surface area contributed by atoms with E-state index in [0.29, 0.717) is 11.2 Å². The Bertz CT molecular complexity index is 917. The van der Waals surface area contributed by atoms with Gasteiger partial charge in [0, 0.05) is 6.07 Å². The van der Waals surface area contributed by atoms with Crippen LogP contribution in [-0.2, 0) is 5.41 Å². The third kappa shape index (κ3) is 1.64. The molecule has 100 valence electrons. The smallest absolute Gasteiger partial charge is 0.257 e. The zero-order chi connectivity index (χ0) is 14.5. The number of nitrogens with one attached hydrogen (secondary N) is 1. The van der Waals surface area contributed by atoms with E-state index in [1.54, 1.807) is 10.5 Å². The highest BCUT2D eigenvalue weighted by Gasteiger charge is 2.23. The molecule has 20 heavy (non-hydrogen) atoms. The minimum atomic E-state index is -0.254. The molecule has 3 aromatic rings. The number of hydrogen-bond donors (Lipinski definition) is 1. The predicted molar refractivity (Wildman–Crippen MR) is 78.9 cm³/mol. The maximum Gasteiger partial charge on any atom is 0.257 e. The first-order chi connectivity index (χ1) is 9.43. The molecule has 4 heteroatoms. The molecule has 0 saturated carbocycles. The second-order valence-electron chi connectivity index (χ2n) is 5.96. The van der Waals surface area contributed by atoms with Gasteiger partial charge in [0.2, 0.25) is 0 Å². The van der Waals surface area contributed by atoms with Crippen LogP contribution in [0.3, 0.4) is 0 Å². The second kappa shape index (κ2) is 3.97. The summed E-state index contributed by atoms with van der Waals surface area (Å²) in [5.41, 5.74) is 3.17. The number of benzene rings is 1. The summed E-state index contributed by atoms with van der Waals surface area (Å²) in [4.78, 5) is 15.6. The largest absolute Gasteiger partial charge is 0.338 e. The molecule has 1 aromatic carbocycles. The summed E-state index contributed by atoms with van der Waals surface area (Å²) < 4.78 is 1.57. The molecular formula is C16H15N3O. The van der Waals surface area contributed by atoms with Crippen molar-refractivity contribution in [2.75, 3.05) is 0 Å². The van der Waals surface area contributed by atoms with Gasteiger partial charge in [-0.15, -0.1) is 0 Å². The van der Waals surface area contributed by atoms with Gasteiger partial charge in [-0.3, -0.25) is 9.20 Å². The zero-order valence-electron chi connectivity index (χ0n) is 11.7. The second-order valence-corrected chi connectivity index (χ2v) is 5.96. The van der Waals surface area contributed by atoms with Crippen LogP contribution in [0, 0.1) is 11.3 Å². The van der Waals surface area contributed by atoms with Crippen molar-refractivity contribution in [3.05, 3.63) is 51.8 Å². The molecule has 0 unspecified atom stereocenters. The summed E-state index contributed by atoms with van der Waals surface area (Å²) in [6.45, 7) is 6.01. The monoisotopic (exact) mass is 265 g/mol. The lowest BCUT2D eigenvalue weighted by atomic mass is 9.85. The van der Waals surface area contributed by atoms with E-state index in [9.17, 15) is 10.1 Å². The van der Waals surface area contributed by atoms with Crippen LogP contribution in [-0.4, -0.2) is 9.38 Å². The molecule has 2 aromatic heterocycles. The van der Waals surface area contributed by atoms with Gasteiger partial charge in [-0.25, -0.2) is 0 Å². The van der Waals surface area contributed by atoms with Crippen molar-refractivity contribution in [2.24, 2.45) is 0 Å². The summed E-state index contributed by atoms with van der Waals surface area (Å²) in [5, 5.41) is 9.51. The third-order valence-electron chi connectivity index (χ3n) is 3.54. The Morgan fingerprint density at radius 2 is 1.95 bits per heavy atom. The Kier molecular flexibility index (Phi) is 2.48. The minimum Gasteiger partial charge on any atom is -0.338 e. The maximum absolute atomic E-state index is 12.4. The van der Waals surface area contributed by atoms with E-state index in [4.69, 9.17) is 0 Å². The van der Waals surface area contributed by atoms with Crippen LogP contribution in [0.2, 0.25) is 0 Å². The Morgan fingerprint density at radius 3 is 2.60 bits per heavy atom. The molecule has 0 saturated heterocycles. The average molecular weight is 265 g/mol. The molecular weight excluding hydrogens is 250 g/mol. The number of aromatic nitrogens is 2. The summed E-state index contributed by atoms with van der Waals surface area (Å²) in [6.07, 6.45) is 0. The summed E-state index contributed by atoms with van der Waals surface area (Å²) in [7, 11) is 0. The summed E-state index contributed by atoms with van der Waals surface area (Å²) in [6, 6.07) is 11.4. The van der Waals surface area contributed by atoms with E-state index in [-0.39, 0.29) is 11.0 Å². The summed E-state index contributed by atoms with van der Waals surface area (Å²) >= 11 is 0. The molecule has 0 aliphatic rings. The minimum absolute atomic E-state index is 0.110. The van der Waals surface area contributed by atoms with Gasteiger partial charge < -0.3 is 4.98 Å². The van der Waals surface area contributed by atoms with Crippen molar-refractivity contribution in [3.8, 4) is 6.07 Å². The van der Waals surface area contributed by atoms with E-state index >= 15 is 0 Å². The van der Waals surface area contributed by atoms with Gasteiger partial charge in [0.25, 0.3) is 5.56 Å². The number of para-hydroxylation sites is 2. The molecule has 0 bridgehead atoms. The first-order valence-electron chi connectivity index (χ1n) is 6.50. The number of hydrogen-bond acceptors (Lipinski definition) is 2. The van der Waals surface area contributed by atoms with Crippen molar-refractivity contribution in [2.45, 2.75) is 26.2 Å². The average Bonchev–Trinajstić information content (AvgIpc) is 2.77. The number of pyridine rings is 1. The molecule has 0 fully saturated rings. The fourth-order valence-corrected chi connectivity index (χ4v) is 2.57. The van der Waals surface area contributed by atoms with Crippen molar-refractivity contribution >= 4 is 16.7 Å². The molecule has 0 aliphatic heterocycles. The SMILES string of the molecule is CC(C)(C)c1cc(=O)n2c([nH]c3ccccc32)c1C#N. The van der Waals surface area contributed by atoms with E-state index in [2.05, 4.69) is 11.1 Å². The van der Waals surface area contributed by atoms with Crippen LogP contribution in [0.5, 0.6) is 0 Å². The van der Waals surface area contributed by atoms with E-state index in [1.807, 2.05) is 45.0 Å². The zero-order valence-corrected chi connectivity index (χ0v) is 11.7. The molecule has 2 heterocycles. The molecule has 0 radical (unpaired) electrons. The van der Waals surface area contributed by atoms with Crippen molar-refractivity contribution in [1.29, 1.82) is 5.26 Å². The van der Waals surface area contributed by atoms with Gasteiger partial charge >= 0.3 is 0 Å². The Morgan fingerprint density at radius 1 is 1.25 bits per heavy atom. The molecule has 0 spiro atoms. The van der Waals surface area contributed by atoms with Crippen LogP contribution >= 0.6 is 0 Å². The van der Waals surface area contributed by atoms with Gasteiger partial charge in [0.15, 0.2) is 0 Å². The van der Waals surface area contributed by atoms with Crippen molar-refractivity contribution in [1.82, 2.24) is 9.38 Å². The highest BCUT2D eigenvalue weighted by Crippen LogP contribution is 2.27. The van der Waals surface area contributed by atoms with E-state index in [0.717, 1.165) is 16.6 Å². The van der Waals surface area contributed by atoms with Crippen LogP contribution in [0.1, 0.15) is 31.9 Å². The highest BCUT2D eigenvalue weighted by molar-refractivity contribution is 5.82. The molecule has 0 atom stereocenters. The Hall–Kier alpha value is -2.54. The predicted octanol–water partition coefficient (Wildman–Crippen LogP) is 2.95. The topological polar surface area (TPSA) is 61.1 Å². The van der Waals surface area contributed by atoms with Gasteiger partial charge in [-0.2, -0.15) is 5.26 Å². The number of H-pyrrole nitrogens is 1. The standard InChI is InChI=1S/C16H15N3O/c1-16(2,3)11-8-14(20)19-13-7-5-4-6-12(13)18-15(19)10(11)9-17/h4-8,18H,1-3H3. The molecule has 1 N–H and O–H groups in total. The Labute approximate surface area is 116 Å². The van der Waals surface area contributed by atoms with E-state index < -0.39 is 0 Å². The fraction of sp³-hybridized carbons (Fsp3) is 0.250. The van der Waals surface area contributed by atoms with Gasteiger partial charge in [-0.1, -0.05) is 32.9 Å². The van der Waals surface area contributed by atoms with Crippen molar-refractivity contribution < 1.29 is 0 Å². The molecule has 0 aliphatic carbocycles. The van der Waals surface area contributed by atoms with Crippen molar-refractivity contribution in [3.63, 3.8) is 0 Å². The number of fused-ring (bicyclic) bond motifs is 3. The number of aromatic amines is 1. The third-order valence-corrected chi connectivity index (χ3v) is 3.54. The van der Waals surface area contributed by atoms with Crippen LogP contribution < -0.4 is 5.56 Å². The van der Waals surface area contributed by atoms with Gasteiger partial charge in [-0.05, 0) is 23.1 Å². The number of nitriles is 1. The van der Waals surface area contributed by atoms with Gasteiger partial charge in [0.05, 0.1) is 16.6 Å². The highest BCUT2D eigenvalue weighted by atomic mass is 16.1. The number of imidazole rings is 1. The fourth-order valence-electron chi connectivity index (χ4n) is 2.57. The number of nitrogens with zero attached hydrogens (tertiary/aromatic N) is 2. The van der Waals surface area contributed by atoms with Gasteiger partial charge in [0.1, 0.15) is 11.7 Å². The first-order valence-corrected chi connectivity index (χ1v) is 6.50. The molecule has 4 nitrogen and oxygen atoms in total. The normalized spacial score (nSPS) is 11.9. The lowest BCUT2D eigenvalue weighted by Crippen LogP contribution is -2.21. The quantitative estimate of drug-likeness (QED) is 0.679. The summed E-state index contributed by atoms with van der Waals surface area (Å²) in [5.74, 6) is 0. The van der Waals surface area contributed by atoms with Crippen LogP contribution in [0.4, 0.5) is 0 Å². The maximum atomic E-state index is 12.4. The van der Waals surface area contributed by atoms with Crippen LogP contribution in [0.25, 0.3) is 16.7 Å². The Balaban J connectivity index is 2.60. The van der Waals surface area contributed by atoms with Crippen LogP contribution in [0.15, 0.2) is 35.1 Å². The molecule has 0 amide bonds. The lowest BCUT2D eigenvalue weighted by Gasteiger charge is -2.20. The number of rotatable bonds is 0. The molecule has 3 rings (SSSR count).